The van der Waals surface area contributed by atoms with Gasteiger partial charge in [-0.25, -0.2) is 9.37 Å². The normalized spacial score (nSPS) is 10.1. The Hall–Kier alpha value is -2.35. The van der Waals surface area contributed by atoms with Crippen molar-refractivity contribution in [2.75, 3.05) is 5.32 Å². The van der Waals surface area contributed by atoms with E-state index in [4.69, 9.17) is 9.68 Å². The van der Waals surface area contributed by atoms with Crippen molar-refractivity contribution in [2.45, 2.75) is 19.9 Å². The third-order valence-corrected chi connectivity index (χ3v) is 2.42. The number of rotatable bonds is 4. The molecule has 0 amide bonds. The molecule has 2 rings (SSSR count). The lowest BCUT2D eigenvalue weighted by Crippen LogP contribution is -2.00. The molecule has 0 atom stereocenters. The van der Waals surface area contributed by atoms with E-state index in [0.29, 0.717) is 18.1 Å². The summed E-state index contributed by atoms with van der Waals surface area (Å²) < 4.78 is 18.6. The number of nitrogens with zero attached hydrogens (tertiary/aromatic N) is 2. The molecule has 0 aliphatic carbocycles. The second-order valence-corrected chi connectivity index (χ2v) is 3.77. The first-order valence-electron chi connectivity index (χ1n) is 5.59. The summed E-state index contributed by atoms with van der Waals surface area (Å²) in [5.74, 6) is 0.900. The summed E-state index contributed by atoms with van der Waals surface area (Å²) in [6.45, 7) is 2.33. The van der Waals surface area contributed by atoms with Gasteiger partial charge < -0.3 is 9.73 Å². The highest BCUT2D eigenvalue weighted by Crippen LogP contribution is 2.14. The largest absolute Gasteiger partial charge is 0.444 e. The predicted molar refractivity (Wildman–Crippen MR) is 64.3 cm³/mol. The topological polar surface area (TPSA) is 61.9 Å². The molecule has 0 fully saturated rings. The number of nitriles is 1. The lowest BCUT2D eigenvalue weighted by atomic mass is 10.2. The first-order chi connectivity index (χ1) is 8.71. The van der Waals surface area contributed by atoms with E-state index >= 15 is 0 Å². The number of hydrogen-bond acceptors (Lipinski definition) is 4. The van der Waals surface area contributed by atoms with Gasteiger partial charge in [0.1, 0.15) is 11.6 Å². The van der Waals surface area contributed by atoms with Gasteiger partial charge in [-0.05, 0) is 18.2 Å². The SMILES string of the molecule is CCc1cnc(CNc2cc(F)cc(C#N)c2)o1. The summed E-state index contributed by atoms with van der Waals surface area (Å²) in [4.78, 5) is 4.08. The second-order valence-electron chi connectivity index (χ2n) is 3.77. The fourth-order valence-electron chi connectivity index (χ4n) is 1.53. The van der Waals surface area contributed by atoms with Crippen LogP contribution in [0.4, 0.5) is 10.1 Å². The van der Waals surface area contributed by atoms with Crippen LogP contribution in [0.25, 0.3) is 0 Å². The number of benzene rings is 1. The highest BCUT2D eigenvalue weighted by atomic mass is 19.1. The van der Waals surface area contributed by atoms with Crippen molar-refractivity contribution in [3.05, 3.63) is 47.4 Å². The van der Waals surface area contributed by atoms with E-state index in [-0.39, 0.29) is 5.56 Å². The molecule has 92 valence electrons. The van der Waals surface area contributed by atoms with Gasteiger partial charge in [-0.15, -0.1) is 0 Å². The minimum atomic E-state index is -0.446. The van der Waals surface area contributed by atoms with Crippen molar-refractivity contribution in [3.8, 4) is 6.07 Å². The minimum Gasteiger partial charge on any atom is -0.444 e. The molecular formula is C13H12FN3O. The second kappa shape index (κ2) is 5.32. The lowest BCUT2D eigenvalue weighted by molar-refractivity contribution is 0.466. The lowest BCUT2D eigenvalue weighted by Gasteiger charge is -2.04. The summed E-state index contributed by atoms with van der Waals surface area (Å²) >= 11 is 0. The number of aryl methyl sites for hydroxylation is 1. The van der Waals surface area contributed by atoms with Crippen LogP contribution in [0.15, 0.2) is 28.8 Å². The van der Waals surface area contributed by atoms with Crippen molar-refractivity contribution in [2.24, 2.45) is 0 Å². The summed E-state index contributed by atoms with van der Waals surface area (Å²) in [5, 5.41) is 11.7. The number of halogens is 1. The summed E-state index contributed by atoms with van der Waals surface area (Å²) in [7, 11) is 0. The smallest absolute Gasteiger partial charge is 0.213 e. The average Bonchev–Trinajstić information content (AvgIpc) is 2.83. The molecule has 2 aromatic rings. The van der Waals surface area contributed by atoms with Crippen LogP contribution in [0.3, 0.4) is 0 Å². The van der Waals surface area contributed by atoms with Gasteiger partial charge in [0.15, 0.2) is 0 Å². The number of anilines is 1. The Labute approximate surface area is 104 Å². The van der Waals surface area contributed by atoms with Crippen molar-refractivity contribution in [1.29, 1.82) is 5.26 Å². The van der Waals surface area contributed by atoms with Crippen molar-refractivity contribution in [1.82, 2.24) is 4.98 Å². The minimum absolute atomic E-state index is 0.277. The van der Waals surface area contributed by atoms with Gasteiger partial charge in [0.05, 0.1) is 24.4 Å². The fourth-order valence-corrected chi connectivity index (χ4v) is 1.53. The van der Waals surface area contributed by atoms with E-state index < -0.39 is 5.82 Å². The van der Waals surface area contributed by atoms with Crippen molar-refractivity contribution < 1.29 is 8.81 Å². The Morgan fingerprint density at radius 1 is 1.44 bits per heavy atom. The molecule has 0 spiro atoms. The van der Waals surface area contributed by atoms with Crippen LogP contribution in [0.1, 0.15) is 24.1 Å². The van der Waals surface area contributed by atoms with Gasteiger partial charge in [-0.1, -0.05) is 6.92 Å². The molecular weight excluding hydrogens is 233 g/mol. The Kier molecular flexibility index (Phi) is 3.58. The molecule has 0 saturated heterocycles. The monoisotopic (exact) mass is 245 g/mol. The van der Waals surface area contributed by atoms with E-state index in [1.54, 1.807) is 12.3 Å². The van der Waals surface area contributed by atoms with Crippen LogP contribution in [0.2, 0.25) is 0 Å². The van der Waals surface area contributed by atoms with Crippen LogP contribution in [0.5, 0.6) is 0 Å². The van der Waals surface area contributed by atoms with E-state index in [1.807, 2.05) is 13.0 Å². The maximum absolute atomic E-state index is 13.2. The van der Waals surface area contributed by atoms with Crippen LogP contribution in [-0.2, 0) is 13.0 Å². The van der Waals surface area contributed by atoms with E-state index in [2.05, 4.69) is 10.3 Å². The standard InChI is InChI=1S/C13H12FN3O/c1-2-12-7-17-13(18-12)8-16-11-4-9(6-15)3-10(14)5-11/h3-5,7,16H,2,8H2,1H3. The van der Waals surface area contributed by atoms with Crippen LogP contribution < -0.4 is 5.32 Å². The number of oxazole rings is 1. The zero-order chi connectivity index (χ0) is 13.0. The number of nitrogens with one attached hydrogen (secondary N) is 1. The third kappa shape index (κ3) is 2.86. The molecule has 0 aliphatic rings. The summed E-state index contributed by atoms with van der Waals surface area (Å²) in [6, 6.07) is 5.99. The summed E-state index contributed by atoms with van der Waals surface area (Å²) in [6.07, 6.45) is 2.45. The van der Waals surface area contributed by atoms with Gasteiger partial charge in [-0.2, -0.15) is 5.26 Å². The highest BCUT2D eigenvalue weighted by Gasteiger charge is 2.04. The Balaban J connectivity index is 2.06. The van der Waals surface area contributed by atoms with Gasteiger partial charge in [0, 0.05) is 12.1 Å². The van der Waals surface area contributed by atoms with Gasteiger partial charge in [0.25, 0.3) is 0 Å². The van der Waals surface area contributed by atoms with Gasteiger partial charge >= 0.3 is 0 Å². The van der Waals surface area contributed by atoms with Crippen molar-refractivity contribution >= 4 is 5.69 Å². The summed E-state index contributed by atoms with van der Waals surface area (Å²) in [5.41, 5.74) is 0.807. The van der Waals surface area contributed by atoms with E-state index in [0.717, 1.165) is 12.2 Å². The zero-order valence-electron chi connectivity index (χ0n) is 9.90. The Morgan fingerprint density at radius 2 is 2.28 bits per heavy atom. The molecule has 0 saturated carbocycles. The first-order valence-corrected chi connectivity index (χ1v) is 5.59. The third-order valence-electron chi connectivity index (χ3n) is 2.42. The van der Waals surface area contributed by atoms with Gasteiger partial charge in [-0.3, -0.25) is 0 Å². The maximum Gasteiger partial charge on any atom is 0.213 e. The molecule has 1 aromatic heterocycles. The molecule has 1 N–H and O–H groups in total. The van der Waals surface area contributed by atoms with Crippen molar-refractivity contribution in [3.63, 3.8) is 0 Å². The fraction of sp³-hybridized carbons (Fsp3) is 0.231. The van der Waals surface area contributed by atoms with E-state index in [9.17, 15) is 4.39 Å². The zero-order valence-corrected chi connectivity index (χ0v) is 9.90. The molecule has 4 nitrogen and oxygen atoms in total. The molecule has 0 radical (unpaired) electrons. The van der Waals surface area contributed by atoms with E-state index in [1.165, 1.54) is 12.1 Å². The Bertz CT molecular complexity index is 586. The number of hydrogen-bond donors (Lipinski definition) is 1. The molecule has 5 heteroatoms. The molecule has 0 aliphatic heterocycles. The number of aromatic nitrogens is 1. The first kappa shape index (κ1) is 12.1. The molecule has 0 unspecified atom stereocenters. The highest BCUT2D eigenvalue weighted by molar-refractivity contribution is 5.49. The molecule has 18 heavy (non-hydrogen) atoms. The quantitative estimate of drug-likeness (QED) is 0.899. The van der Waals surface area contributed by atoms with Gasteiger partial charge in [0.2, 0.25) is 5.89 Å². The van der Waals surface area contributed by atoms with Crippen LogP contribution in [-0.4, -0.2) is 4.98 Å². The predicted octanol–water partition coefficient (Wildman–Crippen LogP) is 2.86. The molecule has 0 bridgehead atoms. The molecule has 1 aromatic carbocycles. The maximum atomic E-state index is 13.2. The van der Waals surface area contributed by atoms with Crippen LogP contribution >= 0.6 is 0 Å². The Morgan fingerprint density at radius 3 is 2.94 bits per heavy atom. The average molecular weight is 245 g/mol. The molecule has 1 heterocycles. The van der Waals surface area contributed by atoms with Crippen LogP contribution in [0, 0.1) is 17.1 Å².